The highest BCUT2D eigenvalue weighted by Gasteiger charge is 2.23. The van der Waals surface area contributed by atoms with Gasteiger partial charge in [-0.2, -0.15) is 0 Å². The summed E-state index contributed by atoms with van der Waals surface area (Å²) in [6.07, 6.45) is 2.20. The topological polar surface area (TPSA) is 36.3 Å². The third-order valence-corrected chi connectivity index (χ3v) is 4.56. The van der Waals surface area contributed by atoms with Gasteiger partial charge in [0.15, 0.2) is 0 Å². The predicted molar refractivity (Wildman–Crippen MR) is 94.5 cm³/mol. The predicted octanol–water partition coefficient (Wildman–Crippen LogP) is 4.18. The van der Waals surface area contributed by atoms with E-state index in [0.717, 1.165) is 42.1 Å². The Balaban J connectivity index is 1.84. The van der Waals surface area contributed by atoms with Crippen molar-refractivity contribution in [3.05, 3.63) is 54.4 Å². The number of benzene rings is 2. The first-order chi connectivity index (χ1) is 11.8. The minimum atomic E-state index is 0.858. The van der Waals surface area contributed by atoms with Crippen molar-refractivity contribution in [2.75, 3.05) is 14.2 Å². The van der Waals surface area contributed by atoms with Crippen LogP contribution < -0.4 is 9.47 Å². The zero-order valence-electron chi connectivity index (χ0n) is 14.0. The summed E-state index contributed by atoms with van der Waals surface area (Å²) in [5.74, 6) is 2.90. The second kappa shape index (κ2) is 6.04. The van der Waals surface area contributed by atoms with Gasteiger partial charge >= 0.3 is 0 Å². The summed E-state index contributed by atoms with van der Waals surface area (Å²) >= 11 is 0. The zero-order chi connectivity index (χ0) is 16.5. The van der Waals surface area contributed by atoms with Gasteiger partial charge in [0.2, 0.25) is 0 Å². The van der Waals surface area contributed by atoms with Crippen molar-refractivity contribution >= 4 is 0 Å². The van der Waals surface area contributed by atoms with Crippen LogP contribution in [0.4, 0.5) is 0 Å². The fourth-order valence-electron chi connectivity index (χ4n) is 3.32. The molecule has 0 unspecified atom stereocenters. The molecule has 1 aliphatic heterocycles. The van der Waals surface area contributed by atoms with Crippen LogP contribution in [0.15, 0.2) is 48.5 Å². The molecule has 0 N–H and O–H groups in total. The van der Waals surface area contributed by atoms with Crippen LogP contribution in [0.5, 0.6) is 11.5 Å². The van der Waals surface area contributed by atoms with E-state index < -0.39 is 0 Å². The molecule has 0 radical (unpaired) electrons. The summed E-state index contributed by atoms with van der Waals surface area (Å²) < 4.78 is 12.9. The summed E-state index contributed by atoms with van der Waals surface area (Å²) in [5.41, 5.74) is 4.51. The van der Waals surface area contributed by atoms with Crippen LogP contribution in [0.3, 0.4) is 0 Å². The molecule has 0 fully saturated rings. The van der Waals surface area contributed by atoms with Crippen LogP contribution in [0.1, 0.15) is 12.2 Å². The molecule has 0 bridgehead atoms. The molecular weight excluding hydrogens is 300 g/mol. The van der Waals surface area contributed by atoms with Gasteiger partial charge in [-0.05, 0) is 55.0 Å². The molecule has 2 aromatic carbocycles. The lowest BCUT2D eigenvalue weighted by Crippen LogP contribution is -1.96. The van der Waals surface area contributed by atoms with Crippen molar-refractivity contribution in [2.45, 2.75) is 19.4 Å². The lowest BCUT2D eigenvalue weighted by atomic mass is 10.0. The summed E-state index contributed by atoms with van der Waals surface area (Å²) in [6.45, 7) is 1.03. The normalized spacial score (nSPS) is 12.9. The highest BCUT2D eigenvalue weighted by molar-refractivity contribution is 5.79. The van der Waals surface area contributed by atoms with Crippen molar-refractivity contribution in [3.63, 3.8) is 0 Å². The summed E-state index contributed by atoms with van der Waals surface area (Å²) in [5, 5.41) is 0. The first-order valence-corrected chi connectivity index (χ1v) is 8.18. The number of imidazole rings is 1. The molecule has 3 aromatic rings. The highest BCUT2D eigenvalue weighted by Crippen LogP contribution is 2.36. The van der Waals surface area contributed by atoms with Gasteiger partial charge in [-0.3, -0.25) is 0 Å². The Morgan fingerprint density at radius 3 is 2.00 bits per heavy atom. The maximum atomic E-state index is 5.28. The number of hydrogen-bond acceptors (Lipinski definition) is 3. The molecule has 0 saturated carbocycles. The number of rotatable bonds is 4. The van der Waals surface area contributed by atoms with Crippen LogP contribution in [0, 0.1) is 0 Å². The van der Waals surface area contributed by atoms with Crippen molar-refractivity contribution in [1.82, 2.24) is 9.55 Å². The van der Waals surface area contributed by atoms with Crippen LogP contribution >= 0.6 is 0 Å². The van der Waals surface area contributed by atoms with Gasteiger partial charge in [-0.15, -0.1) is 0 Å². The molecule has 0 atom stereocenters. The zero-order valence-corrected chi connectivity index (χ0v) is 14.0. The first kappa shape index (κ1) is 14.8. The molecule has 1 aromatic heterocycles. The minimum Gasteiger partial charge on any atom is -0.497 e. The molecule has 4 rings (SSSR count). The lowest BCUT2D eigenvalue weighted by molar-refractivity contribution is 0.414. The highest BCUT2D eigenvalue weighted by atomic mass is 16.5. The van der Waals surface area contributed by atoms with E-state index in [4.69, 9.17) is 14.5 Å². The molecule has 4 heteroatoms. The molecular formula is C20H20N2O2. The molecule has 0 aliphatic carbocycles. The Bertz CT molecular complexity index is 849. The lowest BCUT2D eigenvalue weighted by Gasteiger charge is -2.10. The van der Waals surface area contributed by atoms with Gasteiger partial charge < -0.3 is 14.0 Å². The Kier molecular flexibility index (Phi) is 3.73. The standard InChI is InChI=1S/C20H20N2O2/c1-23-16-9-5-14(6-10-16)19-20(22-13-3-4-18(22)21-19)15-7-11-17(24-2)12-8-15/h5-12H,3-4,13H2,1-2H3. The number of fused-ring (bicyclic) bond motifs is 1. The van der Waals surface area contributed by atoms with Crippen molar-refractivity contribution in [1.29, 1.82) is 0 Å². The monoisotopic (exact) mass is 320 g/mol. The minimum absolute atomic E-state index is 0.858. The van der Waals surface area contributed by atoms with Gasteiger partial charge in [0.05, 0.1) is 25.6 Å². The largest absolute Gasteiger partial charge is 0.497 e. The van der Waals surface area contributed by atoms with E-state index in [-0.39, 0.29) is 0 Å². The third-order valence-electron chi connectivity index (χ3n) is 4.56. The second-order valence-corrected chi connectivity index (χ2v) is 5.94. The second-order valence-electron chi connectivity index (χ2n) is 5.94. The van der Waals surface area contributed by atoms with Crippen LogP contribution in [0.2, 0.25) is 0 Å². The Labute approximate surface area is 141 Å². The number of ether oxygens (including phenoxy) is 2. The molecule has 122 valence electrons. The SMILES string of the molecule is COc1ccc(-c2nc3n(c2-c2ccc(OC)cc2)CCC3)cc1. The van der Waals surface area contributed by atoms with Gasteiger partial charge in [-0.25, -0.2) is 4.98 Å². The maximum absolute atomic E-state index is 5.28. The quantitative estimate of drug-likeness (QED) is 0.723. The Morgan fingerprint density at radius 2 is 1.42 bits per heavy atom. The molecule has 2 heterocycles. The van der Waals surface area contributed by atoms with Crippen LogP contribution in [0.25, 0.3) is 22.5 Å². The van der Waals surface area contributed by atoms with Crippen LogP contribution in [-0.2, 0) is 13.0 Å². The summed E-state index contributed by atoms with van der Waals surface area (Å²) in [7, 11) is 3.37. The smallest absolute Gasteiger partial charge is 0.118 e. The first-order valence-electron chi connectivity index (χ1n) is 8.18. The van der Waals surface area contributed by atoms with Gasteiger partial charge in [0, 0.05) is 24.1 Å². The molecule has 24 heavy (non-hydrogen) atoms. The van der Waals surface area contributed by atoms with E-state index in [9.17, 15) is 0 Å². The molecule has 4 nitrogen and oxygen atoms in total. The van der Waals surface area contributed by atoms with Crippen molar-refractivity contribution < 1.29 is 9.47 Å². The fraction of sp³-hybridized carbons (Fsp3) is 0.250. The Hall–Kier alpha value is -2.75. The van der Waals surface area contributed by atoms with Crippen molar-refractivity contribution in [2.24, 2.45) is 0 Å². The number of methoxy groups -OCH3 is 2. The average molecular weight is 320 g/mol. The molecule has 0 spiro atoms. The molecule has 0 saturated heterocycles. The van der Waals surface area contributed by atoms with Crippen molar-refractivity contribution in [3.8, 4) is 34.0 Å². The molecule has 1 aliphatic rings. The number of aromatic nitrogens is 2. The number of nitrogens with zero attached hydrogens (tertiary/aromatic N) is 2. The van der Waals surface area contributed by atoms with Crippen LogP contribution in [-0.4, -0.2) is 23.8 Å². The van der Waals surface area contributed by atoms with E-state index in [1.165, 1.54) is 17.1 Å². The van der Waals surface area contributed by atoms with E-state index in [2.05, 4.69) is 28.8 Å². The maximum Gasteiger partial charge on any atom is 0.118 e. The van der Waals surface area contributed by atoms with E-state index in [1.54, 1.807) is 14.2 Å². The van der Waals surface area contributed by atoms with Gasteiger partial charge in [-0.1, -0.05) is 0 Å². The third kappa shape index (κ3) is 2.44. The van der Waals surface area contributed by atoms with E-state index >= 15 is 0 Å². The van der Waals surface area contributed by atoms with E-state index in [1.807, 2.05) is 24.3 Å². The Morgan fingerprint density at radius 1 is 0.833 bits per heavy atom. The number of hydrogen-bond donors (Lipinski definition) is 0. The summed E-state index contributed by atoms with van der Waals surface area (Å²) in [4.78, 5) is 4.93. The van der Waals surface area contributed by atoms with Gasteiger partial charge in [0.1, 0.15) is 17.3 Å². The average Bonchev–Trinajstić information content (AvgIpc) is 3.23. The molecule has 0 amide bonds. The fourth-order valence-corrected chi connectivity index (χ4v) is 3.32. The summed E-state index contributed by atoms with van der Waals surface area (Å²) in [6, 6.07) is 16.3. The number of aryl methyl sites for hydroxylation is 1. The van der Waals surface area contributed by atoms with Gasteiger partial charge in [0.25, 0.3) is 0 Å². The van der Waals surface area contributed by atoms with E-state index in [0.29, 0.717) is 0 Å².